The van der Waals surface area contributed by atoms with Gasteiger partial charge in [0.05, 0.1) is 28.4 Å². The molecular weight excluding hydrogens is 533 g/mol. The van der Waals surface area contributed by atoms with Crippen molar-refractivity contribution in [3.63, 3.8) is 0 Å². The molecule has 2 aromatic carbocycles. The van der Waals surface area contributed by atoms with E-state index in [9.17, 15) is 18.0 Å². The third-order valence-electron chi connectivity index (χ3n) is 7.56. The maximum absolute atomic E-state index is 13.0. The number of carboxylic acid groups (broad SMARTS) is 1. The van der Waals surface area contributed by atoms with Crippen molar-refractivity contribution >= 4 is 11.9 Å². The number of methoxy groups -OCH3 is 4. The Morgan fingerprint density at radius 2 is 1.50 bits per heavy atom. The Morgan fingerprint density at radius 3 is 2.05 bits per heavy atom. The molecule has 12 heteroatoms. The Bertz CT molecular complexity index is 1210. The van der Waals surface area contributed by atoms with Crippen LogP contribution in [-0.2, 0) is 10.2 Å². The van der Waals surface area contributed by atoms with Gasteiger partial charge in [0.25, 0.3) is 5.91 Å². The number of carbonyl (C=O) groups is 2. The molecule has 9 nitrogen and oxygen atoms in total. The number of likely N-dealkylation sites (N-methyl/N-ethyl adjacent to an activating group) is 1. The smallest absolute Gasteiger partial charge is 0.490 e. The summed E-state index contributed by atoms with van der Waals surface area (Å²) in [5, 5.41) is 10.4. The predicted octanol–water partition coefficient (Wildman–Crippen LogP) is 4.14. The van der Waals surface area contributed by atoms with E-state index in [0.717, 1.165) is 43.9 Å². The third-order valence-corrected chi connectivity index (χ3v) is 7.56. The number of aliphatic carboxylic acids is 1. The van der Waals surface area contributed by atoms with E-state index in [-0.39, 0.29) is 17.4 Å². The van der Waals surface area contributed by atoms with E-state index >= 15 is 0 Å². The zero-order valence-corrected chi connectivity index (χ0v) is 23.1. The first-order chi connectivity index (χ1) is 18.9. The van der Waals surface area contributed by atoms with Crippen molar-refractivity contribution in [2.75, 3.05) is 48.6 Å². The predicted molar refractivity (Wildman–Crippen MR) is 141 cm³/mol. The van der Waals surface area contributed by atoms with Crippen LogP contribution in [0, 0.1) is 5.92 Å². The Labute approximate surface area is 231 Å². The molecule has 1 heterocycles. The van der Waals surface area contributed by atoms with Gasteiger partial charge in [0.1, 0.15) is 0 Å². The molecule has 1 amide bonds. The molecule has 0 spiro atoms. The van der Waals surface area contributed by atoms with E-state index in [4.69, 9.17) is 28.8 Å². The number of hydrogen-bond acceptors (Lipinski definition) is 7. The van der Waals surface area contributed by atoms with Crippen LogP contribution in [-0.4, -0.2) is 82.7 Å². The van der Waals surface area contributed by atoms with Gasteiger partial charge in [-0.25, -0.2) is 4.79 Å². The van der Waals surface area contributed by atoms with Gasteiger partial charge in [0.15, 0.2) is 23.0 Å². The highest BCUT2D eigenvalue weighted by atomic mass is 19.4. The quantitative estimate of drug-likeness (QED) is 0.514. The first kappa shape index (κ1) is 30.9. The van der Waals surface area contributed by atoms with E-state index in [2.05, 4.69) is 29.4 Å². The molecule has 2 aromatic rings. The lowest BCUT2D eigenvalue weighted by atomic mass is 9.63. The summed E-state index contributed by atoms with van der Waals surface area (Å²) in [7, 11) is 8.68. The minimum atomic E-state index is -5.08. The number of ether oxygens (including phenoxy) is 4. The number of amides is 1. The molecule has 2 fully saturated rings. The molecule has 2 aliphatic rings. The number of carbonyl (C=O) groups excluding carboxylic acids is 1. The third kappa shape index (κ3) is 6.72. The molecule has 0 radical (unpaired) electrons. The van der Waals surface area contributed by atoms with Crippen molar-refractivity contribution in [3.05, 3.63) is 47.5 Å². The fraction of sp³-hybridized carbons (Fsp3) is 0.500. The van der Waals surface area contributed by atoms with Crippen molar-refractivity contribution in [2.45, 2.75) is 36.9 Å². The zero-order chi connectivity index (χ0) is 29.7. The number of benzene rings is 2. The summed E-state index contributed by atoms with van der Waals surface area (Å²) in [4.78, 5) is 24.3. The Hall–Kier alpha value is -3.67. The van der Waals surface area contributed by atoms with Gasteiger partial charge in [0, 0.05) is 30.1 Å². The molecule has 3 atom stereocenters. The number of fused-ring (bicyclic) bond motifs is 1. The fourth-order valence-corrected chi connectivity index (χ4v) is 5.70. The second-order valence-corrected chi connectivity index (χ2v) is 9.94. The Morgan fingerprint density at radius 1 is 0.950 bits per heavy atom. The number of halogens is 3. The Balaban J connectivity index is 0.000000559. The summed E-state index contributed by atoms with van der Waals surface area (Å²) < 4.78 is 53.4. The van der Waals surface area contributed by atoms with Crippen LogP contribution < -0.4 is 24.3 Å². The van der Waals surface area contributed by atoms with Crippen LogP contribution in [0.25, 0.3) is 0 Å². The van der Waals surface area contributed by atoms with Gasteiger partial charge < -0.3 is 34.3 Å². The van der Waals surface area contributed by atoms with Crippen LogP contribution >= 0.6 is 0 Å². The number of likely N-dealkylation sites (tertiary alicyclic amines) is 1. The maximum Gasteiger partial charge on any atom is 0.490 e. The van der Waals surface area contributed by atoms with Crippen molar-refractivity contribution in [2.24, 2.45) is 5.92 Å². The summed E-state index contributed by atoms with van der Waals surface area (Å²) in [6, 6.07) is 11.7. The molecule has 220 valence electrons. The van der Waals surface area contributed by atoms with Crippen molar-refractivity contribution in [3.8, 4) is 23.0 Å². The molecular formula is C28H35F3N2O7. The average molecular weight is 569 g/mol. The fourth-order valence-electron chi connectivity index (χ4n) is 5.70. The van der Waals surface area contributed by atoms with E-state index in [1.54, 1.807) is 46.6 Å². The molecule has 1 saturated carbocycles. The number of carboxylic acids is 1. The van der Waals surface area contributed by atoms with E-state index < -0.39 is 12.1 Å². The monoisotopic (exact) mass is 568 g/mol. The lowest BCUT2D eigenvalue weighted by Crippen LogP contribution is -2.47. The van der Waals surface area contributed by atoms with Crippen LogP contribution in [0.15, 0.2) is 36.4 Å². The van der Waals surface area contributed by atoms with Crippen LogP contribution in [0.4, 0.5) is 13.2 Å². The van der Waals surface area contributed by atoms with Crippen molar-refractivity contribution < 1.29 is 46.8 Å². The van der Waals surface area contributed by atoms with Gasteiger partial charge in [0.2, 0.25) is 0 Å². The van der Waals surface area contributed by atoms with E-state index in [0.29, 0.717) is 23.0 Å². The van der Waals surface area contributed by atoms with Crippen molar-refractivity contribution in [1.29, 1.82) is 0 Å². The second-order valence-electron chi connectivity index (χ2n) is 9.94. The zero-order valence-electron chi connectivity index (χ0n) is 23.1. The second kappa shape index (κ2) is 12.7. The topological polar surface area (TPSA) is 107 Å². The number of hydrogen-bond donors (Lipinski definition) is 2. The van der Waals surface area contributed by atoms with Gasteiger partial charge in [-0.3, -0.25) is 4.79 Å². The minimum Gasteiger partial charge on any atom is -0.493 e. The molecule has 1 saturated heterocycles. The summed E-state index contributed by atoms with van der Waals surface area (Å²) >= 11 is 0. The largest absolute Gasteiger partial charge is 0.493 e. The molecule has 2 N–H and O–H groups in total. The number of alkyl halides is 3. The normalized spacial score (nSPS) is 22.3. The highest BCUT2D eigenvalue weighted by Crippen LogP contribution is 2.49. The van der Waals surface area contributed by atoms with Crippen LogP contribution in [0.5, 0.6) is 23.0 Å². The first-order valence-corrected chi connectivity index (χ1v) is 12.6. The van der Waals surface area contributed by atoms with Crippen LogP contribution in [0.1, 0.15) is 35.2 Å². The standard InChI is InChI=1S/C26H34N2O5.C2HF3O2/c1-28-15-19-13-20(27-25(29)17-6-8-21(30-2)23(12-17)32-4)10-11-26(19,16-28)18-7-9-22(31-3)24(14-18)33-5;3-2(4,5)1(6)7/h6-9,12,14,19-20H,10-11,13,15-16H2,1-5H3,(H,27,29);(H,6,7). The SMILES string of the molecule is COc1ccc(C(=O)NC2CCC3(c4ccc(OC)c(OC)c4)CN(C)CC3C2)cc1OC.O=C(O)C(F)(F)F. The van der Waals surface area contributed by atoms with E-state index in [1.165, 1.54) is 5.56 Å². The van der Waals surface area contributed by atoms with Crippen molar-refractivity contribution in [1.82, 2.24) is 10.2 Å². The summed E-state index contributed by atoms with van der Waals surface area (Å²) in [6.45, 7) is 2.01. The Kier molecular flexibility index (Phi) is 9.78. The molecule has 40 heavy (non-hydrogen) atoms. The van der Waals surface area contributed by atoms with Gasteiger partial charge >= 0.3 is 12.1 Å². The van der Waals surface area contributed by atoms with Gasteiger partial charge in [-0.1, -0.05) is 6.07 Å². The minimum absolute atomic E-state index is 0.0544. The molecule has 0 aromatic heterocycles. The molecule has 3 unspecified atom stereocenters. The maximum atomic E-state index is 13.0. The lowest BCUT2D eigenvalue weighted by Gasteiger charge is -2.43. The number of nitrogens with one attached hydrogen (secondary N) is 1. The lowest BCUT2D eigenvalue weighted by molar-refractivity contribution is -0.192. The van der Waals surface area contributed by atoms with Gasteiger partial charge in [-0.05, 0) is 68.1 Å². The molecule has 1 aliphatic heterocycles. The molecule has 1 aliphatic carbocycles. The van der Waals surface area contributed by atoms with E-state index in [1.807, 2.05) is 6.07 Å². The number of nitrogens with zero attached hydrogens (tertiary/aromatic N) is 1. The first-order valence-electron chi connectivity index (χ1n) is 12.6. The average Bonchev–Trinajstić information content (AvgIpc) is 3.28. The van der Waals surface area contributed by atoms with Gasteiger partial charge in [-0.2, -0.15) is 13.2 Å². The van der Waals surface area contributed by atoms with Crippen LogP contribution in [0.3, 0.4) is 0 Å². The summed E-state index contributed by atoms with van der Waals surface area (Å²) in [5.41, 5.74) is 1.92. The van der Waals surface area contributed by atoms with Crippen LogP contribution in [0.2, 0.25) is 0 Å². The van der Waals surface area contributed by atoms with Gasteiger partial charge in [-0.15, -0.1) is 0 Å². The summed E-state index contributed by atoms with van der Waals surface area (Å²) in [6.07, 6.45) is -2.20. The highest BCUT2D eigenvalue weighted by Gasteiger charge is 2.50. The molecule has 4 rings (SSSR count). The highest BCUT2D eigenvalue weighted by molar-refractivity contribution is 5.95. The number of rotatable bonds is 7. The molecule has 0 bridgehead atoms. The summed E-state index contributed by atoms with van der Waals surface area (Å²) in [5.74, 6) is 0.292.